The Hall–Kier alpha value is -2.56. The second-order valence-corrected chi connectivity index (χ2v) is 7.75. The average Bonchev–Trinajstić information content (AvgIpc) is 3.11. The fraction of sp³-hybridized carbons (Fsp3) is 0.0588. The minimum Gasteiger partial charge on any atom is -0.351 e. The highest BCUT2D eigenvalue weighted by atomic mass is 32.1. The van der Waals surface area contributed by atoms with Crippen LogP contribution in [0, 0.1) is 6.92 Å². The lowest BCUT2D eigenvalue weighted by Gasteiger charge is -2.22. The Morgan fingerprint density at radius 2 is 1.79 bits per heavy atom. The smallest absolute Gasteiger partial charge is 0.351 e. The van der Waals surface area contributed by atoms with E-state index >= 15 is 0 Å². The number of thiazole rings is 1. The lowest BCUT2D eigenvalue weighted by molar-refractivity contribution is 0.256. The third-order valence-electron chi connectivity index (χ3n) is 3.51. The number of aromatic nitrogens is 1. The Morgan fingerprint density at radius 1 is 1.12 bits per heavy atom. The molecule has 1 unspecified atom stereocenters. The highest BCUT2D eigenvalue weighted by Gasteiger charge is 2.33. The lowest BCUT2D eigenvalue weighted by atomic mass is 10.1. The normalized spacial score (nSPS) is 11.1. The SMILES string of the molecule is Cc1ccccc1N(C(N)=O)c1ccccc1[P+](=O)c1nccs1. The van der Waals surface area contributed by atoms with Crippen LogP contribution in [0.1, 0.15) is 5.56 Å². The summed E-state index contributed by atoms with van der Waals surface area (Å²) in [6.45, 7) is 1.90. The van der Waals surface area contributed by atoms with Gasteiger partial charge in [-0.05, 0) is 30.7 Å². The number of para-hydroxylation sites is 2. The molecule has 0 aliphatic heterocycles. The topological polar surface area (TPSA) is 76.3 Å². The molecule has 0 radical (unpaired) electrons. The van der Waals surface area contributed by atoms with E-state index in [0.29, 0.717) is 21.4 Å². The quantitative estimate of drug-likeness (QED) is 0.728. The molecule has 2 amide bonds. The Kier molecular flexibility index (Phi) is 4.69. The van der Waals surface area contributed by atoms with Gasteiger partial charge in [-0.15, -0.1) is 0 Å². The van der Waals surface area contributed by atoms with Crippen molar-refractivity contribution in [1.29, 1.82) is 0 Å². The highest BCUT2D eigenvalue weighted by molar-refractivity contribution is 7.67. The number of hydrogen-bond donors (Lipinski definition) is 1. The van der Waals surface area contributed by atoms with Crippen LogP contribution in [0.2, 0.25) is 0 Å². The van der Waals surface area contributed by atoms with Crippen LogP contribution < -0.4 is 20.7 Å². The maximum Gasteiger partial charge on any atom is 0.449 e. The van der Waals surface area contributed by atoms with Crippen LogP contribution in [-0.2, 0) is 4.57 Å². The molecule has 0 aliphatic carbocycles. The molecule has 2 N–H and O–H groups in total. The number of hydrogen-bond acceptors (Lipinski definition) is 4. The summed E-state index contributed by atoms with van der Waals surface area (Å²) >= 11 is 1.32. The summed E-state index contributed by atoms with van der Waals surface area (Å²) in [5.74, 6) is 0. The van der Waals surface area contributed by atoms with Crippen molar-refractivity contribution in [3.8, 4) is 0 Å². The fourth-order valence-electron chi connectivity index (χ4n) is 2.43. The molecule has 24 heavy (non-hydrogen) atoms. The number of urea groups is 1. The number of primary amides is 1. The number of amides is 2. The molecule has 0 fully saturated rings. The van der Waals surface area contributed by atoms with E-state index in [-0.39, 0.29) is 0 Å². The van der Waals surface area contributed by atoms with E-state index in [4.69, 9.17) is 5.73 Å². The van der Waals surface area contributed by atoms with Crippen LogP contribution in [0.15, 0.2) is 60.1 Å². The van der Waals surface area contributed by atoms with Gasteiger partial charge in [0.2, 0.25) is 5.30 Å². The molecule has 3 aromatic rings. The van der Waals surface area contributed by atoms with Crippen molar-refractivity contribution in [2.24, 2.45) is 5.73 Å². The zero-order valence-electron chi connectivity index (χ0n) is 12.9. The van der Waals surface area contributed by atoms with Crippen molar-refractivity contribution in [1.82, 2.24) is 4.98 Å². The van der Waals surface area contributed by atoms with Gasteiger partial charge >= 0.3 is 18.6 Å². The largest absolute Gasteiger partial charge is 0.449 e. The summed E-state index contributed by atoms with van der Waals surface area (Å²) in [6, 6.07) is 13.9. The van der Waals surface area contributed by atoms with Crippen LogP contribution in [0.25, 0.3) is 0 Å². The summed E-state index contributed by atoms with van der Waals surface area (Å²) in [5, 5.41) is 2.31. The molecule has 5 nitrogen and oxygen atoms in total. The molecule has 1 aromatic heterocycles. The Bertz CT molecular complexity index is 896. The fourth-order valence-corrected chi connectivity index (χ4v) is 4.63. The summed E-state index contributed by atoms with van der Waals surface area (Å²) in [6.07, 6.45) is 1.61. The third-order valence-corrected chi connectivity index (χ3v) is 6.18. The van der Waals surface area contributed by atoms with E-state index < -0.39 is 13.8 Å². The van der Waals surface area contributed by atoms with Gasteiger partial charge in [0.05, 0.1) is 5.69 Å². The predicted molar refractivity (Wildman–Crippen MR) is 98.3 cm³/mol. The van der Waals surface area contributed by atoms with Gasteiger partial charge in [-0.2, -0.15) is 0 Å². The number of carbonyl (C=O) groups is 1. The molecule has 0 spiro atoms. The second kappa shape index (κ2) is 6.91. The minimum absolute atomic E-state index is 0.510. The first-order chi connectivity index (χ1) is 11.6. The number of nitrogens with two attached hydrogens (primary N) is 1. The van der Waals surface area contributed by atoms with Crippen LogP contribution in [0.5, 0.6) is 0 Å². The van der Waals surface area contributed by atoms with Crippen molar-refractivity contribution < 1.29 is 9.36 Å². The minimum atomic E-state index is -1.90. The Morgan fingerprint density at radius 3 is 2.42 bits per heavy atom. The number of rotatable bonds is 4. The van der Waals surface area contributed by atoms with E-state index in [0.717, 1.165) is 5.56 Å². The first-order valence-corrected chi connectivity index (χ1v) is 9.34. The molecule has 120 valence electrons. The Labute approximate surface area is 144 Å². The summed E-state index contributed by atoms with van der Waals surface area (Å²) in [5.41, 5.74) is 7.71. The van der Waals surface area contributed by atoms with Crippen LogP contribution >= 0.6 is 19.1 Å². The van der Waals surface area contributed by atoms with Gasteiger partial charge in [0.25, 0.3) is 0 Å². The third kappa shape index (κ3) is 3.07. The van der Waals surface area contributed by atoms with Gasteiger partial charge in [0, 0.05) is 11.6 Å². The summed E-state index contributed by atoms with van der Waals surface area (Å²) in [7, 11) is -1.90. The number of benzene rings is 2. The van der Waals surface area contributed by atoms with Gasteiger partial charge in [-0.25, -0.2) is 9.78 Å². The first kappa shape index (κ1) is 16.3. The average molecular weight is 356 g/mol. The maximum atomic E-state index is 12.9. The molecular formula is C17H15N3O2PS+. The molecule has 0 bridgehead atoms. The maximum absolute atomic E-state index is 12.9. The molecule has 0 saturated heterocycles. The van der Waals surface area contributed by atoms with Crippen LogP contribution in [0.3, 0.4) is 0 Å². The van der Waals surface area contributed by atoms with Gasteiger partial charge < -0.3 is 5.73 Å². The lowest BCUT2D eigenvalue weighted by Crippen LogP contribution is -2.34. The number of anilines is 2. The van der Waals surface area contributed by atoms with E-state index in [1.807, 2.05) is 31.2 Å². The van der Waals surface area contributed by atoms with Crippen molar-refractivity contribution in [3.05, 3.63) is 65.7 Å². The standard InChI is InChI=1S/C17H14N3O2PS/c1-12-6-2-3-7-13(12)20(16(18)21)14-8-4-5-9-15(14)23(22)17-19-10-11-24-17/h2-11H,1H3,(H-,18,21)/p+1. The van der Waals surface area contributed by atoms with Crippen LogP contribution in [0.4, 0.5) is 16.2 Å². The second-order valence-electron chi connectivity index (χ2n) is 5.06. The van der Waals surface area contributed by atoms with Gasteiger partial charge in [0.1, 0.15) is 5.69 Å². The van der Waals surface area contributed by atoms with E-state index in [1.54, 1.807) is 35.8 Å². The first-order valence-electron chi connectivity index (χ1n) is 7.20. The number of aryl methyl sites for hydroxylation is 1. The van der Waals surface area contributed by atoms with Gasteiger partial charge in [-0.3, -0.25) is 4.90 Å². The predicted octanol–water partition coefficient (Wildman–Crippen LogP) is 3.45. The van der Waals surface area contributed by atoms with Crippen molar-refractivity contribution in [3.63, 3.8) is 0 Å². The van der Waals surface area contributed by atoms with E-state index in [2.05, 4.69) is 4.98 Å². The molecule has 1 atom stereocenters. The zero-order valence-corrected chi connectivity index (χ0v) is 14.6. The monoisotopic (exact) mass is 356 g/mol. The molecule has 3 rings (SSSR count). The molecule has 2 aromatic carbocycles. The Balaban J connectivity index is 2.15. The highest BCUT2D eigenvalue weighted by Crippen LogP contribution is 2.32. The zero-order chi connectivity index (χ0) is 17.1. The number of nitrogens with zero attached hydrogens (tertiary/aromatic N) is 2. The van der Waals surface area contributed by atoms with Crippen molar-refractivity contribution in [2.45, 2.75) is 6.92 Å². The molecule has 0 saturated carbocycles. The van der Waals surface area contributed by atoms with E-state index in [1.165, 1.54) is 16.2 Å². The number of carbonyl (C=O) groups excluding carboxylic acids is 1. The van der Waals surface area contributed by atoms with Crippen LogP contribution in [-0.4, -0.2) is 11.0 Å². The van der Waals surface area contributed by atoms with Crippen molar-refractivity contribution in [2.75, 3.05) is 4.90 Å². The molecule has 1 heterocycles. The molecule has 0 aliphatic rings. The summed E-state index contributed by atoms with van der Waals surface area (Å²) in [4.78, 5) is 17.7. The molecule has 7 heteroatoms. The van der Waals surface area contributed by atoms with Crippen molar-refractivity contribution >= 4 is 46.6 Å². The van der Waals surface area contributed by atoms with E-state index in [9.17, 15) is 9.36 Å². The van der Waals surface area contributed by atoms with Gasteiger partial charge in [-0.1, -0.05) is 46.2 Å². The van der Waals surface area contributed by atoms with Gasteiger partial charge in [0.15, 0.2) is 0 Å². The molecular weight excluding hydrogens is 341 g/mol. The summed E-state index contributed by atoms with van der Waals surface area (Å²) < 4.78 is 13.4.